The van der Waals surface area contributed by atoms with Crippen molar-refractivity contribution in [3.8, 4) is 0 Å². The molecule has 120 valence electrons. The maximum Gasteiger partial charge on any atom is 0.244 e. The highest BCUT2D eigenvalue weighted by Gasteiger charge is 2.38. The van der Waals surface area contributed by atoms with Crippen molar-refractivity contribution in [2.24, 2.45) is 5.92 Å². The lowest BCUT2D eigenvalue weighted by Crippen LogP contribution is -2.35. The van der Waals surface area contributed by atoms with Gasteiger partial charge in [-0.05, 0) is 33.0 Å². The fraction of sp³-hybridized carbons (Fsp3) is 0.714. The first-order chi connectivity index (χ1) is 9.81. The number of hydrogen-bond acceptors (Lipinski definition) is 4. The van der Waals surface area contributed by atoms with E-state index in [2.05, 4.69) is 11.8 Å². The third kappa shape index (κ3) is 3.01. The van der Waals surface area contributed by atoms with Gasteiger partial charge in [0.15, 0.2) is 0 Å². The molecule has 1 N–H and O–H groups in total. The van der Waals surface area contributed by atoms with Crippen LogP contribution < -0.4 is 0 Å². The minimum Gasteiger partial charge on any atom is -0.390 e. The summed E-state index contributed by atoms with van der Waals surface area (Å²) in [5.41, 5.74) is 0.632. The molecule has 0 spiro atoms. The Kier molecular flexibility index (Phi) is 4.77. The molecule has 2 rings (SSSR count). The molecule has 1 aromatic rings. The predicted octanol–water partition coefficient (Wildman–Crippen LogP) is 0.571. The first-order valence-corrected chi connectivity index (χ1v) is 8.71. The van der Waals surface area contributed by atoms with Crippen molar-refractivity contribution in [3.05, 3.63) is 18.0 Å². The van der Waals surface area contributed by atoms with Gasteiger partial charge in [-0.3, -0.25) is 0 Å². The van der Waals surface area contributed by atoms with Gasteiger partial charge in [-0.25, -0.2) is 8.42 Å². The second-order valence-corrected chi connectivity index (χ2v) is 7.88. The molecule has 0 amide bonds. The molecule has 0 bridgehead atoms. The second kappa shape index (κ2) is 6.08. The average molecular weight is 315 g/mol. The first-order valence-electron chi connectivity index (χ1n) is 7.27. The Labute approximate surface area is 127 Å². The molecule has 6 nitrogen and oxygen atoms in total. The largest absolute Gasteiger partial charge is 0.390 e. The minimum absolute atomic E-state index is 0.153. The highest BCUT2D eigenvalue weighted by Crippen LogP contribution is 2.27. The fourth-order valence-corrected chi connectivity index (χ4v) is 4.64. The lowest BCUT2D eigenvalue weighted by Gasteiger charge is -2.22. The molecule has 0 radical (unpaired) electrons. The Morgan fingerprint density at radius 2 is 2.05 bits per heavy atom. The predicted molar refractivity (Wildman–Crippen MR) is 81.4 cm³/mol. The van der Waals surface area contributed by atoms with Crippen molar-refractivity contribution in [2.75, 3.05) is 27.2 Å². The number of aryl methyl sites for hydroxylation is 1. The number of aliphatic hydroxyl groups is 1. The minimum atomic E-state index is -3.49. The monoisotopic (exact) mass is 315 g/mol. The van der Waals surface area contributed by atoms with Gasteiger partial charge in [0.1, 0.15) is 4.90 Å². The van der Waals surface area contributed by atoms with Crippen molar-refractivity contribution < 1.29 is 13.5 Å². The molecule has 1 aliphatic heterocycles. The quantitative estimate of drug-likeness (QED) is 0.863. The summed E-state index contributed by atoms with van der Waals surface area (Å²) in [7, 11) is 0.477. The number of aliphatic hydroxyl groups excluding tert-OH is 1. The molecule has 1 saturated heterocycles. The highest BCUT2D eigenvalue weighted by molar-refractivity contribution is 7.89. The molecule has 2 atom stereocenters. The third-order valence-corrected chi connectivity index (χ3v) is 6.10. The van der Waals surface area contributed by atoms with Crippen LogP contribution in [-0.2, 0) is 23.2 Å². The Morgan fingerprint density at radius 3 is 2.48 bits per heavy atom. The summed E-state index contributed by atoms with van der Waals surface area (Å²) >= 11 is 0. The average Bonchev–Trinajstić information content (AvgIpc) is 3.02. The summed E-state index contributed by atoms with van der Waals surface area (Å²) in [4.78, 5) is 2.36. The molecule has 2 heterocycles. The molecule has 2 unspecified atom stereocenters. The summed E-state index contributed by atoms with van der Waals surface area (Å²) in [6.07, 6.45) is 1.62. The smallest absolute Gasteiger partial charge is 0.244 e. The van der Waals surface area contributed by atoms with E-state index < -0.39 is 10.0 Å². The summed E-state index contributed by atoms with van der Waals surface area (Å²) < 4.78 is 28.8. The molecule has 0 saturated carbocycles. The van der Waals surface area contributed by atoms with Gasteiger partial charge in [-0.1, -0.05) is 6.92 Å². The zero-order valence-corrected chi connectivity index (χ0v) is 14.0. The van der Waals surface area contributed by atoms with Crippen LogP contribution in [0.3, 0.4) is 0 Å². The lowest BCUT2D eigenvalue weighted by molar-refractivity contribution is 0.263. The van der Waals surface area contributed by atoms with Gasteiger partial charge in [0.25, 0.3) is 0 Å². The van der Waals surface area contributed by atoms with E-state index in [4.69, 9.17) is 0 Å². The van der Waals surface area contributed by atoms with Crippen LogP contribution in [0.25, 0.3) is 0 Å². The van der Waals surface area contributed by atoms with Crippen LogP contribution in [-0.4, -0.2) is 60.5 Å². The molecular formula is C14H25N3O3S. The third-order valence-electron chi connectivity index (χ3n) is 4.30. The highest BCUT2D eigenvalue weighted by atomic mass is 32.2. The van der Waals surface area contributed by atoms with E-state index in [-0.39, 0.29) is 17.5 Å². The second-order valence-electron chi connectivity index (χ2n) is 5.94. The van der Waals surface area contributed by atoms with Crippen molar-refractivity contribution in [1.29, 1.82) is 0 Å². The van der Waals surface area contributed by atoms with Gasteiger partial charge in [0.2, 0.25) is 10.0 Å². The van der Waals surface area contributed by atoms with Gasteiger partial charge in [0, 0.05) is 37.6 Å². The van der Waals surface area contributed by atoms with Crippen LogP contribution in [0.2, 0.25) is 0 Å². The lowest BCUT2D eigenvalue weighted by atomic mass is 10.1. The fourth-order valence-electron chi connectivity index (χ4n) is 3.02. The Morgan fingerprint density at radius 1 is 1.38 bits per heavy atom. The van der Waals surface area contributed by atoms with E-state index in [9.17, 15) is 13.5 Å². The van der Waals surface area contributed by atoms with Gasteiger partial charge in [-0.2, -0.15) is 4.31 Å². The maximum absolute atomic E-state index is 12.8. The van der Waals surface area contributed by atoms with Crippen molar-refractivity contribution in [2.45, 2.75) is 37.9 Å². The standard InChI is InChI=1S/C14H25N3O3S/c1-5-16-8-13(6-12(16)10-18)21(19,20)17-7-11(2)14(9-17)15(3)4/h6,8,11,14,18H,5,7,9-10H2,1-4H3. The molecule has 0 aromatic carbocycles. The number of hydrogen-bond donors (Lipinski definition) is 1. The van der Waals surface area contributed by atoms with Crippen LogP contribution in [0.1, 0.15) is 19.5 Å². The van der Waals surface area contributed by atoms with Crippen LogP contribution in [0, 0.1) is 5.92 Å². The van der Waals surface area contributed by atoms with Gasteiger partial charge >= 0.3 is 0 Å². The van der Waals surface area contributed by atoms with E-state index >= 15 is 0 Å². The van der Waals surface area contributed by atoms with Crippen LogP contribution in [0.15, 0.2) is 17.2 Å². The number of aromatic nitrogens is 1. The molecule has 0 aliphatic carbocycles. The molecule has 21 heavy (non-hydrogen) atoms. The number of rotatable bonds is 5. The van der Waals surface area contributed by atoms with Crippen LogP contribution in [0.4, 0.5) is 0 Å². The molecule has 1 aliphatic rings. The van der Waals surface area contributed by atoms with Gasteiger partial charge in [-0.15, -0.1) is 0 Å². The summed E-state index contributed by atoms with van der Waals surface area (Å²) in [5, 5.41) is 9.31. The Hall–Kier alpha value is -0.890. The summed E-state index contributed by atoms with van der Waals surface area (Å²) in [6, 6.07) is 1.82. The van der Waals surface area contributed by atoms with Crippen LogP contribution >= 0.6 is 0 Å². The zero-order chi connectivity index (χ0) is 15.8. The Bertz CT molecular complexity index is 573. The van der Waals surface area contributed by atoms with E-state index in [0.717, 1.165) is 0 Å². The number of nitrogens with zero attached hydrogens (tertiary/aromatic N) is 3. The van der Waals surface area contributed by atoms with Gasteiger partial charge in [0.05, 0.1) is 6.61 Å². The normalized spacial score (nSPS) is 24.1. The Balaban J connectivity index is 2.29. The van der Waals surface area contributed by atoms with E-state index in [0.29, 0.717) is 31.2 Å². The molecule has 1 fully saturated rings. The van der Waals surface area contributed by atoms with Crippen molar-refractivity contribution in [1.82, 2.24) is 13.8 Å². The number of likely N-dealkylation sites (N-methyl/N-ethyl adjacent to an activating group) is 1. The zero-order valence-electron chi connectivity index (χ0n) is 13.2. The molecular weight excluding hydrogens is 290 g/mol. The summed E-state index contributed by atoms with van der Waals surface area (Å²) in [6.45, 7) is 5.55. The van der Waals surface area contributed by atoms with Crippen molar-refractivity contribution in [3.63, 3.8) is 0 Å². The van der Waals surface area contributed by atoms with Gasteiger partial charge < -0.3 is 14.6 Å². The van der Waals surface area contributed by atoms with Crippen molar-refractivity contribution >= 4 is 10.0 Å². The maximum atomic E-state index is 12.8. The SMILES string of the molecule is CCn1cc(S(=O)(=O)N2CC(C)C(N(C)C)C2)cc1CO. The number of sulfonamides is 1. The topological polar surface area (TPSA) is 65.8 Å². The van der Waals surface area contributed by atoms with E-state index in [1.165, 1.54) is 0 Å². The van der Waals surface area contributed by atoms with E-state index in [1.807, 2.05) is 21.0 Å². The summed E-state index contributed by atoms with van der Waals surface area (Å²) in [5.74, 6) is 0.306. The molecule has 1 aromatic heterocycles. The van der Waals surface area contributed by atoms with Crippen LogP contribution in [0.5, 0.6) is 0 Å². The van der Waals surface area contributed by atoms with E-state index in [1.54, 1.807) is 21.1 Å². The molecule has 7 heteroatoms. The first kappa shape index (κ1) is 16.5.